The molecule has 4 heterocycles. The van der Waals surface area contributed by atoms with Gasteiger partial charge in [0.25, 0.3) is 0 Å². The Morgan fingerprint density at radius 1 is 0.417 bits per heavy atom. The zero-order valence-corrected chi connectivity index (χ0v) is 26.5. The van der Waals surface area contributed by atoms with E-state index in [0.29, 0.717) is 0 Å². The first-order valence-corrected chi connectivity index (χ1v) is 17.1. The predicted molar refractivity (Wildman–Crippen MR) is 203 cm³/mol. The second-order valence-electron chi connectivity index (χ2n) is 12.5. The summed E-state index contributed by atoms with van der Waals surface area (Å²) in [4.78, 5) is 0. The molecule has 0 saturated heterocycles. The summed E-state index contributed by atoms with van der Waals surface area (Å²) in [5.41, 5.74) is 10.1. The van der Waals surface area contributed by atoms with Gasteiger partial charge in [0.05, 0.1) is 21.9 Å². The van der Waals surface area contributed by atoms with Crippen molar-refractivity contribution in [3.8, 4) is 22.5 Å². The summed E-state index contributed by atoms with van der Waals surface area (Å²) in [5.74, 6) is 0. The van der Waals surface area contributed by atoms with Crippen LogP contribution >= 0.6 is 11.3 Å². The smallest absolute Gasteiger partial charge is 0.213 e. The number of thiophene rings is 1. The van der Waals surface area contributed by atoms with Gasteiger partial charge in [0.1, 0.15) is 5.58 Å². The lowest BCUT2D eigenvalue weighted by atomic mass is 9.98. The maximum Gasteiger partial charge on any atom is 0.213 e. The molecule has 0 N–H and O–H groups in total. The third-order valence-corrected chi connectivity index (χ3v) is 11.0. The minimum atomic E-state index is 0.880. The van der Waals surface area contributed by atoms with Gasteiger partial charge in [-0.15, -0.1) is 11.3 Å². The lowest BCUT2D eigenvalue weighted by Gasteiger charge is -2.09. The Hall–Kier alpha value is -6.10. The molecule has 11 aromatic rings. The highest BCUT2D eigenvalue weighted by molar-refractivity contribution is 7.25. The molecule has 11 rings (SSSR count). The maximum absolute atomic E-state index is 6.58. The first-order valence-electron chi connectivity index (χ1n) is 16.3. The number of nitrogens with zero attached hydrogens (tertiary/aromatic N) is 2. The quantitative estimate of drug-likeness (QED) is 0.190. The van der Waals surface area contributed by atoms with Gasteiger partial charge in [0.15, 0.2) is 0 Å². The van der Waals surface area contributed by atoms with Crippen molar-refractivity contribution in [1.29, 1.82) is 0 Å². The van der Waals surface area contributed by atoms with E-state index in [9.17, 15) is 0 Å². The van der Waals surface area contributed by atoms with Crippen molar-refractivity contribution in [2.24, 2.45) is 0 Å². The van der Waals surface area contributed by atoms with Gasteiger partial charge in [-0.1, -0.05) is 103 Å². The SMILES string of the molecule is c1ccc(-n2c3cccc(-c4ccc5c(c4)sc4cc(-n6c7ccccc7c7ccccc76)ccc45)c3c3c4ccccc4oc32)cc1. The van der Waals surface area contributed by atoms with Gasteiger partial charge in [-0.3, -0.25) is 4.57 Å². The topological polar surface area (TPSA) is 23.0 Å². The molecule has 48 heavy (non-hydrogen) atoms. The number of aromatic nitrogens is 2. The summed E-state index contributed by atoms with van der Waals surface area (Å²) >= 11 is 1.87. The van der Waals surface area contributed by atoms with Crippen molar-refractivity contribution in [3.63, 3.8) is 0 Å². The average molecular weight is 631 g/mol. The summed E-state index contributed by atoms with van der Waals surface area (Å²) in [7, 11) is 0. The summed E-state index contributed by atoms with van der Waals surface area (Å²) < 4.78 is 13.8. The molecule has 7 aromatic carbocycles. The Morgan fingerprint density at radius 2 is 1.06 bits per heavy atom. The van der Waals surface area contributed by atoms with Crippen LogP contribution in [0, 0.1) is 0 Å². The van der Waals surface area contributed by atoms with E-state index < -0.39 is 0 Å². The van der Waals surface area contributed by atoms with Gasteiger partial charge >= 0.3 is 0 Å². The number of benzene rings is 7. The Kier molecular flexibility index (Phi) is 5.26. The van der Waals surface area contributed by atoms with Crippen molar-refractivity contribution in [2.75, 3.05) is 0 Å². The van der Waals surface area contributed by atoms with Crippen LogP contribution < -0.4 is 0 Å². The summed E-state index contributed by atoms with van der Waals surface area (Å²) in [6, 6.07) is 56.9. The van der Waals surface area contributed by atoms with E-state index in [-0.39, 0.29) is 0 Å². The van der Waals surface area contributed by atoms with Gasteiger partial charge < -0.3 is 8.98 Å². The normalized spacial score (nSPS) is 12.2. The fourth-order valence-electron chi connectivity index (χ4n) is 7.88. The van der Waals surface area contributed by atoms with E-state index in [1.54, 1.807) is 0 Å². The number of furan rings is 1. The van der Waals surface area contributed by atoms with Gasteiger partial charge in [0.2, 0.25) is 5.71 Å². The Bertz CT molecular complexity index is 3010. The van der Waals surface area contributed by atoms with Crippen LogP contribution in [0.2, 0.25) is 0 Å². The molecule has 0 radical (unpaired) electrons. The number of fused-ring (bicyclic) bond motifs is 11. The lowest BCUT2D eigenvalue weighted by molar-refractivity contribution is 0.645. The molecule has 224 valence electrons. The molecule has 0 saturated carbocycles. The Labute approximate surface area is 279 Å². The van der Waals surface area contributed by atoms with E-state index >= 15 is 0 Å². The molecule has 3 nitrogen and oxygen atoms in total. The number of hydrogen-bond acceptors (Lipinski definition) is 2. The van der Waals surface area contributed by atoms with Crippen LogP contribution in [-0.4, -0.2) is 9.13 Å². The van der Waals surface area contributed by atoms with E-state index in [2.05, 4.69) is 161 Å². The molecular weight excluding hydrogens is 605 g/mol. The molecule has 0 aliphatic rings. The highest BCUT2D eigenvalue weighted by Gasteiger charge is 2.22. The Balaban J connectivity index is 1.13. The third-order valence-electron chi connectivity index (χ3n) is 9.93. The van der Waals surface area contributed by atoms with E-state index in [1.807, 2.05) is 17.4 Å². The predicted octanol–water partition coefficient (Wildman–Crippen LogP) is 12.7. The van der Waals surface area contributed by atoms with Gasteiger partial charge in [-0.25, -0.2) is 0 Å². The molecule has 0 fully saturated rings. The van der Waals surface area contributed by atoms with Crippen molar-refractivity contribution >= 4 is 86.3 Å². The van der Waals surface area contributed by atoms with Crippen LogP contribution in [0.4, 0.5) is 0 Å². The molecule has 0 amide bonds. The van der Waals surface area contributed by atoms with Crippen molar-refractivity contribution in [2.45, 2.75) is 0 Å². The molecular formula is C44H26N2OS. The molecule has 0 aliphatic carbocycles. The second-order valence-corrected chi connectivity index (χ2v) is 13.6. The fourth-order valence-corrected chi connectivity index (χ4v) is 9.06. The molecule has 4 aromatic heterocycles. The maximum atomic E-state index is 6.58. The van der Waals surface area contributed by atoms with Gasteiger partial charge in [-0.05, 0) is 65.7 Å². The number of para-hydroxylation sites is 4. The molecule has 0 spiro atoms. The first kappa shape index (κ1) is 26.0. The zero-order valence-electron chi connectivity index (χ0n) is 25.7. The van der Waals surface area contributed by atoms with Crippen LogP contribution in [-0.2, 0) is 0 Å². The van der Waals surface area contributed by atoms with Crippen LogP contribution in [0.5, 0.6) is 0 Å². The van der Waals surface area contributed by atoms with Crippen molar-refractivity contribution in [3.05, 3.63) is 158 Å². The molecule has 4 heteroatoms. The highest BCUT2D eigenvalue weighted by Crippen LogP contribution is 2.45. The van der Waals surface area contributed by atoms with E-state index in [1.165, 1.54) is 64.2 Å². The molecule has 0 atom stereocenters. The zero-order chi connectivity index (χ0) is 31.3. The Morgan fingerprint density at radius 3 is 1.85 bits per heavy atom. The largest absolute Gasteiger partial charge is 0.439 e. The number of rotatable bonds is 3. The summed E-state index contributed by atoms with van der Waals surface area (Å²) in [6.45, 7) is 0. The minimum Gasteiger partial charge on any atom is -0.439 e. The van der Waals surface area contributed by atoms with E-state index in [4.69, 9.17) is 4.42 Å². The fraction of sp³-hybridized carbons (Fsp3) is 0. The summed E-state index contributed by atoms with van der Waals surface area (Å²) in [6.07, 6.45) is 0. The average Bonchev–Trinajstić information content (AvgIpc) is 3.88. The third kappa shape index (κ3) is 3.52. The second kappa shape index (κ2) is 9.71. The standard InChI is InChI=1S/C44H26N2OS/c1-2-11-28(12-3-1)46-38-19-10-16-30(42(38)43-35-15-6-9-20-39(35)47-44(43)46)27-21-23-33-34-24-22-29(26-41(34)48-40(33)25-27)45-36-17-7-4-13-31(36)32-14-5-8-18-37(32)45/h1-26H. The lowest BCUT2D eigenvalue weighted by Crippen LogP contribution is -1.92. The van der Waals surface area contributed by atoms with Crippen molar-refractivity contribution in [1.82, 2.24) is 9.13 Å². The highest BCUT2D eigenvalue weighted by atomic mass is 32.1. The summed E-state index contributed by atoms with van der Waals surface area (Å²) in [5, 5.41) is 8.67. The van der Waals surface area contributed by atoms with Crippen molar-refractivity contribution < 1.29 is 4.42 Å². The monoisotopic (exact) mass is 630 g/mol. The van der Waals surface area contributed by atoms with Crippen LogP contribution in [0.1, 0.15) is 0 Å². The van der Waals surface area contributed by atoms with Crippen LogP contribution in [0.15, 0.2) is 162 Å². The van der Waals surface area contributed by atoms with Crippen LogP contribution in [0.25, 0.3) is 97.5 Å². The van der Waals surface area contributed by atoms with E-state index in [0.717, 1.165) is 33.3 Å². The minimum absolute atomic E-state index is 0.880. The molecule has 0 aliphatic heterocycles. The molecule has 0 bridgehead atoms. The van der Waals surface area contributed by atoms with Gasteiger partial charge in [0, 0.05) is 53.1 Å². The number of hydrogen-bond donors (Lipinski definition) is 0. The van der Waals surface area contributed by atoms with Crippen LogP contribution in [0.3, 0.4) is 0 Å². The van der Waals surface area contributed by atoms with Gasteiger partial charge in [-0.2, -0.15) is 0 Å². The first-order chi connectivity index (χ1) is 23.8. The molecule has 0 unspecified atom stereocenters.